The topological polar surface area (TPSA) is 33.1 Å². The van der Waals surface area contributed by atoms with Crippen molar-refractivity contribution >= 4 is 0 Å². The molecule has 2 aliphatic carbocycles. The van der Waals surface area contributed by atoms with Crippen LogP contribution in [-0.4, -0.2) is 10.1 Å². The normalized spacial score (nSPS) is 20.6. The van der Waals surface area contributed by atoms with Crippen molar-refractivity contribution in [2.24, 2.45) is 5.41 Å². The summed E-state index contributed by atoms with van der Waals surface area (Å²) in [6.07, 6.45) is 2.70. The number of aromatic nitrogens is 1. The van der Waals surface area contributed by atoms with Crippen LogP contribution in [0.2, 0.25) is 0 Å². The van der Waals surface area contributed by atoms with Crippen molar-refractivity contribution in [3.63, 3.8) is 0 Å². The summed E-state index contributed by atoms with van der Waals surface area (Å²) in [5.41, 5.74) is 4.60. The van der Waals surface area contributed by atoms with Gasteiger partial charge in [-0.15, -0.1) is 0 Å². The molecule has 184 valence electrons. The van der Waals surface area contributed by atoms with E-state index in [1.54, 1.807) is 12.1 Å². The second-order valence-corrected chi connectivity index (χ2v) is 11.1. The molecule has 1 saturated carbocycles. The Balaban J connectivity index is 1.84. The van der Waals surface area contributed by atoms with Crippen LogP contribution in [0.25, 0.3) is 11.1 Å². The average Bonchev–Trinajstić information content (AvgIpc) is 3.34. The average molecular weight is 480 g/mol. The third-order valence-corrected chi connectivity index (χ3v) is 7.68. The van der Waals surface area contributed by atoms with Gasteiger partial charge in [-0.25, -0.2) is 13.2 Å². The van der Waals surface area contributed by atoms with E-state index in [0.29, 0.717) is 46.4 Å². The highest BCUT2D eigenvalue weighted by molar-refractivity contribution is 5.75. The molecule has 0 unspecified atom stereocenters. The van der Waals surface area contributed by atoms with Crippen molar-refractivity contribution in [1.29, 1.82) is 0 Å². The van der Waals surface area contributed by atoms with Gasteiger partial charge in [-0.3, -0.25) is 4.98 Å². The highest BCUT2D eigenvalue weighted by atomic mass is 19.2. The SMILES string of the molecule is Cc1ccc([C@H](F)c2c(C3CCCC3)nc3c(c2-c2ccc(F)c(F)c2)[C@@H](O)CC(C)(C)C3)cc1. The molecule has 1 heterocycles. The Kier molecular flexibility index (Phi) is 6.25. The molecule has 1 N–H and O–H groups in total. The summed E-state index contributed by atoms with van der Waals surface area (Å²) < 4.78 is 45.0. The fraction of sp³-hybridized carbons (Fsp3) is 0.433. The van der Waals surface area contributed by atoms with Crippen molar-refractivity contribution in [2.45, 2.75) is 77.5 Å². The first-order valence-electron chi connectivity index (χ1n) is 12.6. The summed E-state index contributed by atoms with van der Waals surface area (Å²) in [5.74, 6) is -1.84. The molecule has 3 aromatic rings. The smallest absolute Gasteiger partial charge is 0.159 e. The number of halogens is 3. The summed E-state index contributed by atoms with van der Waals surface area (Å²) >= 11 is 0. The number of benzene rings is 2. The van der Waals surface area contributed by atoms with E-state index in [1.807, 2.05) is 19.1 Å². The zero-order chi connectivity index (χ0) is 24.9. The van der Waals surface area contributed by atoms with E-state index in [1.165, 1.54) is 6.07 Å². The minimum absolute atomic E-state index is 0.102. The molecule has 0 amide bonds. The predicted molar refractivity (Wildman–Crippen MR) is 132 cm³/mol. The van der Waals surface area contributed by atoms with Crippen molar-refractivity contribution < 1.29 is 18.3 Å². The molecule has 2 aliphatic rings. The van der Waals surface area contributed by atoms with Gasteiger partial charge in [-0.1, -0.05) is 62.6 Å². The highest BCUT2D eigenvalue weighted by Gasteiger charge is 2.39. The second kappa shape index (κ2) is 9.09. The van der Waals surface area contributed by atoms with Crippen LogP contribution in [0.5, 0.6) is 0 Å². The lowest BCUT2D eigenvalue weighted by Gasteiger charge is -2.37. The Hall–Kier alpha value is -2.66. The fourth-order valence-corrected chi connectivity index (χ4v) is 5.96. The number of fused-ring (bicyclic) bond motifs is 1. The van der Waals surface area contributed by atoms with Crippen LogP contribution in [-0.2, 0) is 6.42 Å². The van der Waals surface area contributed by atoms with Crippen molar-refractivity contribution in [2.75, 3.05) is 0 Å². The molecule has 5 rings (SSSR count). The van der Waals surface area contributed by atoms with Crippen molar-refractivity contribution in [3.8, 4) is 11.1 Å². The molecule has 5 heteroatoms. The maximum Gasteiger partial charge on any atom is 0.159 e. The van der Waals surface area contributed by atoms with E-state index in [2.05, 4.69) is 13.8 Å². The van der Waals surface area contributed by atoms with Crippen LogP contribution in [0.15, 0.2) is 42.5 Å². The van der Waals surface area contributed by atoms with E-state index in [9.17, 15) is 13.9 Å². The quantitative estimate of drug-likeness (QED) is 0.411. The lowest BCUT2D eigenvalue weighted by atomic mass is 9.71. The monoisotopic (exact) mass is 479 g/mol. The van der Waals surface area contributed by atoms with Gasteiger partial charge >= 0.3 is 0 Å². The number of hydrogen-bond donors (Lipinski definition) is 1. The molecule has 1 fully saturated rings. The number of pyridine rings is 1. The molecule has 35 heavy (non-hydrogen) atoms. The molecule has 1 aromatic heterocycles. The third-order valence-electron chi connectivity index (χ3n) is 7.68. The Morgan fingerprint density at radius 1 is 1.00 bits per heavy atom. The number of aryl methyl sites for hydroxylation is 1. The number of alkyl halides is 1. The summed E-state index contributed by atoms with van der Waals surface area (Å²) in [7, 11) is 0. The van der Waals surface area contributed by atoms with Gasteiger partial charge in [-0.05, 0) is 66.8 Å². The van der Waals surface area contributed by atoms with E-state index < -0.39 is 23.9 Å². The van der Waals surface area contributed by atoms with Crippen LogP contribution >= 0.6 is 0 Å². The van der Waals surface area contributed by atoms with Gasteiger partial charge < -0.3 is 5.11 Å². The van der Waals surface area contributed by atoms with Gasteiger partial charge in [0.2, 0.25) is 0 Å². The molecule has 0 saturated heterocycles. The van der Waals surface area contributed by atoms with Crippen molar-refractivity contribution in [3.05, 3.63) is 87.7 Å². The van der Waals surface area contributed by atoms with Gasteiger partial charge in [0, 0.05) is 22.7 Å². The highest BCUT2D eigenvalue weighted by Crippen LogP contribution is 2.50. The lowest BCUT2D eigenvalue weighted by Crippen LogP contribution is -2.29. The first kappa shape index (κ1) is 24.1. The number of aliphatic hydroxyl groups is 1. The van der Waals surface area contributed by atoms with Crippen molar-refractivity contribution in [1.82, 2.24) is 4.98 Å². The number of aliphatic hydroxyl groups excluding tert-OH is 1. The first-order valence-corrected chi connectivity index (χ1v) is 12.6. The molecule has 2 aromatic carbocycles. The van der Waals surface area contributed by atoms with Crippen LogP contribution in [0.3, 0.4) is 0 Å². The van der Waals surface area contributed by atoms with Gasteiger partial charge in [0.05, 0.1) is 11.8 Å². The minimum Gasteiger partial charge on any atom is -0.388 e. The molecular formula is C30H32F3NO. The Labute approximate surface area is 205 Å². The number of nitrogens with zero attached hydrogens (tertiary/aromatic N) is 1. The van der Waals surface area contributed by atoms with E-state index in [-0.39, 0.29) is 11.3 Å². The van der Waals surface area contributed by atoms with Crippen LogP contribution < -0.4 is 0 Å². The minimum atomic E-state index is -1.51. The standard InChI is InChI=1S/C30H32F3NO/c1-17-8-10-18(11-9-17)28(33)27-25(20-12-13-21(31)22(32)14-20)26-23(15-30(2,3)16-24(26)35)34-29(27)19-6-4-5-7-19/h8-14,19,24,28,35H,4-7,15-16H2,1-3H3/t24-,28-/m0/s1. The Bertz CT molecular complexity index is 1250. The van der Waals surface area contributed by atoms with Gasteiger partial charge in [0.15, 0.2) is 17.8 Å². The lowest BCUT2D eigenvalue weighted by molar-refractivity contribution is 0.0983. The van der Waals surface area contributed by atoms with Gasteiger partial charge in [0.1, 0.15) is 0 Å². The second-order valence-electron chi connectivity index (χ2n) is 11.1. The summed E-state index contributed by atoms with van der Waals surface area (Å²) in [5, 5.41) is 11.3. The van der Waals surface area contributed by atoms with Gasteiger partial charge in [0.25, 0.3) is 0 Å². The third kappa shape index (κ3) is 4.51. The fourth-order valence-electron chi connectivity index (χ4n) is 5.96. The largest absolute Gasteiger partial charge is 0.388 e. The summed E-state index contributed by atoms with van der Waals surface area (Å²) in [6.45, 7) is 6.13. The van der Waals surface area contributed by atoms with Crippen LogP contribution in [0.4, 0.5) is 13.2 Å². The molecule has 0 aliphatic heterocycles. The molecule has 0 bridgehead atoms. The molecule has 0 spiro atoms. The Morgan fingerprint density at radius 3 is 2.34 bits per heavy atom. The zero-order valence-corrected chi connectivity index (χ0v) is 20.5. The maximum atomic E-state index is 16.6. The van der Waals surface area contributed by atoms with E-state index in [0.717, 1.165) is 49.1 Å². The van der Waals surface area contributed by atoms with Gasteiger partial charge in [-0.2, -0.15) is 0 Å². The molecule has 2 nitrogen and oxygen atoms in total. The molecule has 0 radical (unpaired) electrons. The van der Waals surface area contributed by atoms with E-state index >= 15 is 4.39 Å². The number of rotatable bonds is 4. The summed E-state index contributed by atoms with van der Waals surface area (Å²) in [6, 6.07) is 11.0. The molecular weight excluding hydrogens is 447 g/mol. The maximum absolute atomic E-state index is 16.6. The predicted octanol–water partition coefficient (Wildman–Crippen LogP) is 8.06. The number of hydrogen-bond acceptors (Lipinski definition) is 2. The Morgan fingerprint density at radius 2 is 1.69 bits per heavy atom. The van der Waals surface area contributed by atoms with Crippen LogP contribution in [0.1, 0.15) is 97.8 Å². The van der Waals surface area contributed by atoms with E-state index in [4.69, 9.17) is 4.98 Å². The summed E-state index contributed by atoms with van der Waals surface area (Å²) in [4.78, 5) is 5.06. The zero-order valence-electron chi connectivity index (χ0n) is 20.5. The van der Waals surface area contributed by atoms with Crippen LogP contribution in [0, 0.1) is 24.0 Å². The molecule has 2 atom stereocenters. The first-order chi connectivity index (χ1) is 16.6.